The molecule has 1 fully saturated rings. The fourth-order valence-electron chi connectivity index (χ4n) is 2.07. The number of sulfonamides is 1. The van der Waals surface area contributed by atoms with Crippen molar-refractivity contribution in [1.82, 2.24) is 4.72 Å². The molecule has 1 heterocycles. The number of hydrogen-bond acceptors (Lipinski definition) is 5. The van der Waals surface area contributed by atoms with Crippen molar-refractivity contribution >= 4 is 21.7 Å². The van der Waals surface area contributed by atoms with Crippen LogP contribution in [0, 0.1) is 0 Å². The predicted molar refractivity (Wildman–Crippen MR) is 72.3 cm³/mol. The van der Waals surface area contributed by atoms with Gasteiger partial charge in [-0.3, -0.25) is 0 Å². The standard InChI is InChI=1S/C12H16N2O5S/c1-13-20(17,18)11-5-3-2-4-9(11)14-6-7-19-10(8-14)12(15)16/h2-5,10,13H,6-8H2,1H3,(H,15,16). The number of nitrogens with one attached hydrogen (secondary N) is 1. The van der Waals surface area contributed by atoms with E-state index in [0.29, 0.717) is 12.2 Å². The molecule has 0 amide bonds. The third-order valence-corrected chi connectivity index (χ3v) is 4.57. The summed E-state index contributed by atoms with van der Waals surface area (Å²) in [7, 11) is -2.26. The van der Waals surface area contributed by atoms with Crippen LogP contribution in [0.5, 0.6) is 0 Å². The van der Waals surface area contributed by atoms with Gasteiger partial charge in [0.1, 0.15) is 4.90 Å². The predicted octanol–water partition coefficient (Wildman–Crippen LogP) is -0.115. The summed E-state index contributed by atoms with van der Waals surface area (Å²) < 4.78 is 31.4. The van der Waals surface area contributed by atoms with Crippen LogP contribution in [-0.2, 0) is 19.6 Å². The second-order valence-electron chi connectivity index (χ2n) is 4.32. The highest BCUT2D eigenvalue weighted by Gasteiger charge is 2.29. The van der Waals surface area contributed by atoms with Crippen molar-refractivity contribution in [2.75, 3.05) is 31.6 Å². The highest BCUT2D eigenvalue weighted by molar-refractivity contribution is 7.89. The van der Waals surface area contributed by atoms with Crippen LogP contribution in [0.25, 0.3) is 0 Å². The molecule has 1 aliphatic heterocycles. The maximum absolute atomic E-state index is 12.0. The molecule has 7 nitrogen and oxygen atoms in total. The maximum atomic E-state index is 12.0. The average Bonchev–Trinajstić information content (AvgIpc) is 2.47. The van der Waals surface area contributed by atoms with E-state index in [1.807, 2.05) is 0 Å². The largest absolute Gasteiger partial charge is 0.479 e. The quantitative estimate of drug-likeness (QED) is 0.805. The van der Waals surface area contributed by atoms with Gasteiger partial charge in [0.05, 0.1) is 18.8 Å². The van der Waals surface area contributed by atoms with Gasteiger partial charge in [0.15, 0.2) is 6.10 Å². The summed E-state index contributed by atoms with van der Waals surface area (Å²) in [6.07, 6.45) is -0.950. The molecule has 0 bridgehead atoms. The minimum atomic E-state index is -3.60. The van der Waals surface area contributed by atoms with Crippen molar-refractivity contribution in [3.63, 3.8) is 0 Å². The van der Waals surface area contributed by atoms with Crippen LogP contribution in [-0.4, -0.2) is 52.3 Å². The third kappa shape index (κ3) is 2.92. The Balaban J connectivity index is 2.36. The average molecular weight is 300 g/mol. The molecule has 1 atom stereocenters. The minimum Gasteiger partial charge on any atom is -0.479 e. The molecule has 0 spiro atoms. The summed E-state index contributed by atoms with van der Waals surface area (Å²) in [6.45, 7) is 0.802. The smallest absolute Gasteiger partial charge is 0.334 e. The number of ether oxygens (including phenoxy) is 1. The van der Waals surface area contributed by atoms with Crippen LogP contribution in [0.4, 0.5) is 5.69 Å². The summed E-state index contributed by atoms with van der Waals surface area (Å²) >= 11 is 0. The number of morpholine rings is 1. The first-order chi connectivity index (χ1) is 9.45. The summed E-state index contributed by atoms with van der Waals surface area (Å²) in [5, 5.41) is 9.00. The Morgan fingerprint density at radius 3 is 2.80 bits per heavy atom. The van der Waals surface area contributed by atoms with E-state index in [2.05, 4.69) is 4.72 Å². The Kier molecular flexibility index (Phi) is 4.26. The second-order valence-corrected chi connectivity index (χ2v) is 6.17. The number of anilines is 1. The zero-order valence-corrected chi connectivity index (χ0v) is 11.8. The van der Waals surface area contributed by atoms with E-state index >= 15 is 0 Å². The van der Waals surface area contributed by atoms with Crippen molar-refractivity contribution in [1.29, 1.82) is 0 Å². The topological polar surface area (TPSA) is 95.9 Å². The summed E-state index contributed by atoms with van der Waals surface area (Å²) in [5.74, 6) is -1.05. The number of hydrogen-bond donors (Lipinski definition) is 2. The minimum absolute atomic E-state index is 0.117. The van der Waals surface area contributed by atoms with E-state index in [0.717, 1.165) is 0 Å². The van der Waals surface area contributed by atoms with Crippen molar-refractivity contribution in [2.45, 2.75) is 11.0 Å². The Bertz CT molecular complexity index is 602. The lowest BCUT2D eigenvalue weighted by molar-refractivity contribution is -0.150. The molecular formula is C12H16N2O5S. The fourth-order valence-corrected chi connectivity index (χ4v) is 3.02. The molecule has 110 valence electrons. The van der Waals surface area contributed by atoms with Gasteiger partial charge in [-0.15, -0.1) is 0 Å². The van der Waals surface area contributed by atoms with Gasteiger partial charge in [-0.2, -0.15) is 0 Å². The molecule has 1 unspecified atom stereocenters. The lowest BCUT2D eigenvalue weighted by Crippen LogP contribution is -2.46. The van der Waals surface area contributed by atoms with Crippen LogP contribution >= 0.6 is 0 Å². The molecule has 2 N–H and O–H groups in total. The van der Waals surface area contributed by atoms with E-state index in [9.17, 15) is 13.2 Å². The molecule has 20 heavy (non-hydrogen) atoms. The van der Waals surface area contributed by atoms with Gasteiger partial charge in [0, 0.05) is 6.54 Å². The zero-order chi connectivity index (χ0) is 14.8. The number of carboxylic acid groups (broad SMARTS) is 1. The van der Waals surface area contributed by atoms with Crippen LogP contribution in [0.3, 0.4) is 0 Å². The molecule has 2 rings (SSSR count). The first-order valence-corrected chi connectivity index (χ1v) is 7.56. The molecule has 1 aromatic rings. The number of nitrogens with zero attached hydrogens (tertiary/aromatic N) is 1. The van der Waals surface area contributed by atoms with Gasteiger partial charge >= 0.3 is 5.97 Å². The normalized spacial score (nSPS) is 19.9. The molecule has 0 aliphatic carbocycles. The first kappa shape index (κ1) is 14.8. The Labute approximate surface area is 117 Å². The fraction of sp³-hybridized carbons (Fsp3) is 0.417. The van der Waals surface area contributed by atoms with Crippen LogP contribution in [0.15, 0.2) is 29.2 Å². The Hall–Kier alpha value is -1.64. The molecule has 1 saturated heterocycles. The van der Waals surface area contributed by atoms with Gasteiger partial charge < -0.3 is 14.7 Å². The third-order valence-electron chi connectivity index (χ3n) is 3.11. The summed E-state index contributed by atoms with van der Waals surface area (Å²) in [5.41, 5.74) is 0.483. The van der Waals surface area contributed by atoms with Crippen LogP contribution < -0.4 is 9.62 Å². The van der Waals surface area contributed by atoms with Crippen molar-refractivity contribution in [3.8, 4) is 0 Å². The SMILES string of the molecule is CNS(=O)(=O)c1ccccc1N1CCOC(C(=O)O)C1. The first-order valence-electron chi connectivity index (χ1n) is 6.07. The van der Waals surface area contributed by atoms with Crippen molar-refractivity contribution in [3.05, 3.63) is 24.3 Å². The molecule has 0 radical (unpaired) electrons. The van der Waals surface area contributed by atoms with Gasteiger partial charge in [-0.05, 0) is 19.2 Å². The number of benzene rings is 1. The summed E-state index contributed by atoms with van der Waals surface area (Å²) in [6, 6.07) is 6.50. The number of aliphatic carboxylic acids is 1. The zero-order valence-electron chi connectivity index (χ0n) is 10.9. The van der Waals surface area contributed by atoms with E-state index < -0.39 is 22.1 Å². The number of rotatable bonds is 4. The Morgan fingerprint density at radius 2 is 2.15 bits per heavy atom. The molecular weight excluding hydrogens is 284 g/mol. The van der Waals surface area contributed by atoms with Crippen molar-refractivity contribution in [2.24, 2.45) is 0 Å². The molecule has 8 heteroatoms. The second kappa shape index (κ2) is 5.78. The highest BCUT2D eigenvalue weighted by Crippen LogP contribution is 2.26. The van der Waals surface area contributed by atoms with Crippen molar-refractivity contribution < 1.29 is 23.1 Å². The lowest BCUT2D eigenvalue weighted by atomic mass is 10.2. The van der Waals surface area contributed by atoms with Crippen LogP contribution in [0.2, 0.25) is 0 Å². The van der Waals surface area contributed by atoms with Gasteiger partial charge in [-0.25, -0.2) is 17.9 Å². The van der Waals surface area contributed by atoms with E-state index in [-0.39, 0.29) is 18.0 Å². The van der Waals surface area contributed by atoms with Gasteiger partial charge in [0.2, 0.25) is 10.0 Å². The maximum Gasteiger partial charge on any atom is 0.334 e. The Morgan fingerprint density at radius 1 is 1.45 bits per heavy atom. The molecule has 0 saturated carbocycles. The van der Waals surface area contributed by atoms with Gasteiger partial charge in [-0.1, -0.05) is 12.1 Å². The molecule has 0 aromatic heterocycles. The molecule has 1 aromatic carbocycles. The van der Waals surface area contributed by atoms with Gasteiger partial charge in [0.25, 0.3) is 0 Å². The van der Waals surface area contributed by atoms with E-state index in [4.69, 9.17) is 9.84 Å². The number of carboxylic acids is 1. The summed E-state index contributed by atoms with van der Waals surface area (Å²) in [4.78, 5) is 12.8. The number of para-hydroxylation sites is 1. The van der Waals surface area contributed by atoms with E-state index in [1.165, 1.54) is 13.1 Å². The monoisotopic (exact) mass is 300 g/mol. The highest BCUT2D eigenvalue weighted by atomic mass is 32.2. The van der Waals surface area contributed by atoms with E-state index in [1.54, 1.807) is 23.1 Å². The lowest BCUT2D eigenvalue weighted by Gasteiger charge is -2.33. The van der Waals surface area contributed by atoms with Crippen LogP contribution in [0.1, 0.15) is 0 Å². The molecule has 1 aliphatic rings. The number of carbonyl (C=O) groups is 1.